The van der Waals surface area contributed by atoms with E-state index in [0.717, 1.165) is 0 Å². The molecule has 0 bridgehead atoms. The van der Waals surface area contributed by atoms with Gasteiger partial charge in [0, 0.05) is 0 Å². The van der Waals surface area contributed by atoms with Crippen LogP contribution in [0.25, 0.3) is 0 Å². The molecule has 0 radical (unpaired) electrons. The van der Waals surface area contributed by atoms with Crippen molar-refractivity contribution in [2.24, 2.45) is 0 Å². The van der Waals surface area contributed by atoms with E-state index in [0.29, 0.717) is 0 Å². The van der Waals surface area contributed by atoms with Crippen molar-refractivity contribution >= 4 is 16.5 Å². The van der Waals surface area contributed by atoms with Gasteiger partial charge < -0.3 is 9.13 Å². The summed E-state index contributed by atoms with van der Waals surface area (Å²) in [6.07, 6.45) is 0. The van der Waals surface area contributed by atoms with E-state index in [-0.39, 0.29) is 0 Å². The predicted octanol–water partition coefficient (Wildman–Crippen LogP) is 2.15. The van der Waals surface area contributed by atoms with Gasteiger partial charge in [0.1, 0.15) is 16.5 Å². The van der Waals surface area contributed by atoms with Crippen LogP contribution in [0.1, 0.15) is 0 Å². The molecule has 0 amide bonds. The molecule has 0 saturated heterocycles. The molecule has 0 aliphatic rings. The van der Waals surface area contributed by atoms with Crippen LogP contribution in [0, 0.1) is 0 Å². The lowest BCUT2D eigenvalue weighted by molar-refractivity contribution is 0.615. The SMILES string of the molecule is C=C([Si](C)(C)N(C)C)[Si](C)(C)N(C)C. The molecule has 0 heterocycles. The molecule has 14 heavy (non-hydrogen) atoms. The Kier molecular flexibility index (Phi) is 4.33. The molecule has 0 N–H and O–H groups in total. The first kappa shape index (κ1) is 14.1. The highest BCUT2D eigenvalue weighted by molar-refractivity contribution is 7.03. The Labute approximate surface area is 91.8 Å². The Hall–Kier alpha value is 0.0938. The van der Waals surface area contributed by atoms with Gasteiger partial charge in [0.05, 0.1) is 0 Å². The molecule has 0 saturated carbocycles. The Balaban J connectivity index is 4.96. The topological polar surface area (TPSA) is 6.48 Å². The van der Waals surface area contributed by atoms with E-state index in [1.165, 1.54) is 4.82 Å². The summed E-state index contributed by atoms with van der Waals surface area (Å²) in [7, 11) is 5.87. The highest BCUT2D eigenvalue weighted by Gasteiger charge is 2.39. The lowest BCUT2D eigenvalue weighted by Gasteiger charge is -2.42. The van der Waals surface area contributed by atoms with Crippen molar-refractivity contribution in [3.8, 4) is 0 Å². The van der Waals surface area contributed by atoms with Crippen LogP contribution in [0.5, 0.6) is 0 Å². The number of hydrogen-bond acceptors (Lipinski definition) is 2. The van der Waals surface area contributed by atoms with Crippen molar-refractivity contribution in [1.82, 2.24) is 9.13 Å². The highest BCUT2D eigenvalue weighted by Crippen LogP contribution is 2.26. The standard InChI is InChI=1S/C10H26N2Si2/c1-10(13(6,7)11(2)3)14(8,9)12(4)5/h1H2,2-9H3. The molecule has 0 aromatic heterocycles. The molecular formula is C10H26N2Si2. The molecule has 0 rings (SSSR count). The van der Waals surface area contributed by atoms with Crippen molar-refractivity contribution in [2.45, 2.75) is 26.2 Å². The molecular weight excluding hydrogens is 204 g/mol. The average Bonchev–Trinajstić information content (AvgIpc) is 2.02. The van der Waals surface area contributed by atoms with Crippen LogP contribution in [-0.4, -0.2) is 53.8 Å². The van der Waals surface area contributed by atoms with Crippen LogP contribution in [-0.2, 0) is 0 Å². The largest absolute Gasteiger partial charge is 0.326 e. The second-order valence-corrected chi connectivity index (χ2v) is 15.1. The van der Waals surface area contributed by atoms with Crippen LogP contribution < -0.4 is 0 Å². The monoisotopic (exact) mass is 230 g/mol. The first-order valence-corrected chi connectivity index (χ1v) is 11.0. The second-order valence-electron chi connectivity index (χ2n) is 5.39. The van der Waals surface area contributed by atoms with Gasteiger partial charge in [-0.25, -0.2) is 0 Å². The van der Waals surface area contributed by atoms with Crippen LogP contribution in [0.15, 0.2) is 11.4 Å². The molecule has 0 fully saturated rings. The third-order valence-electron chi connectivity index (χ3n) is 3.71. The maximum absolute atomic E-state index is 4.38. The fourth-order valence-electron chi connectivity index (χ4n) is 1.29. The smallest absolute Gasteiger partial charge is 0.146 e. The summed E-state index contributed by atoms with van der Waals surface area (Å²) in [5.41, 5.74) is 0. The van der Waals surface area contributed by atoms with Gasteiger partial charge in [-0.05, 0) is 28.2 Å². The minimum Gasteiger partial charge on any atom is -0.326 e. The maximum Gasteiger partial charge on any atom is 0.146 e. The predicted molar refractivity (Wildman–Crippen MR) is 71.5 cm³/mol. The quantitative estimate of drug-likeness (QED) is 0.683. The third kappa shape index (κ3) is 2.56. The summed E-state index contributed by atoms with van der Waals surface area (Å²) in [5.74, 6) is 0. The molecule has 0 aliphatic carbocycles. The molecule has 0 aromatic carbocycles. The van der Waals surface area contributed by atoms with E-state index in [9.17, 15) is 0 Å². The van der Waals surface area contributed by atoms with Crippen molar-refractivity contribution in [3.63, 3.8) is 0 Å². The zero-order valence-corrected chi connectivity index (χ0v) is 13.1. The van der Waals surface area contributed by atoms with E-state index in [4.69, 9.17) is 0 Å². The van der Waals surface area contributed by atoms with Crippen LogP contribution >= 0.6 is 0 Å². The molecule has 0 aliphatic heterocycles. The summed E-state index contributed by atoms with van der Waals surface area (Å²) in [6.45, 7) is 13.9. The minimum absolute atomic E-state index is 1.42. The molecule has 0 atom stereocenters. The molecule has 0 aromatic rings. The number of hydrogen-bond donors (Lipinski definition) is 0. The van der Waals surface area contributed by atoms with Gasteiger partial charge in [0.15, 0.2) is 0 Å². The Morgan fingerprint density at radius 2 is 1.00 bits per heavy atom. The molecule has 84 valence electrons. The lowest BCUT2D eigenvalue weighted by Crippen LogP contribution is -2.58. The Morgan fingerprint density at radius 3 is 1.14 bits per heavy atom. The van der Waals surface area contributed by atoms with Gasteiger partial charge in [0.25, 0.3) is 0 Å². The molecule has 4 heteroatoms. The summed E-state index contributed by atoms with van der Waals surface area (Å²) in [4.78, 5) is 1.51. The van der Waals surface area contributed by atoms with Crippen molar-refractivity contribution in [1.29, 1.82) is 0 Å². The zero-order valence-electron chi connectivity index (χ0n) is 11.1. The zero-order chi connectivity index (χ0) is 11.7. The Morgan fingerprint density at radius 1 is 0.786 bits per heavy atom. The average molecular weight is 231 g/mol. The van der Waals surface area contributed by atoms with E-state index in [1.54, 1.807) is 0 Å². The summed E-state index contributed by atoms with van der Waals surface area (Å²) >= 11 is 0. The third-order valence-corrected chi connectivity index (χ3v) is 14.8. The van der Waals surface area contributed by atoms with Crippen molar-refractivity contribution in [2.75, 3.05) is 28.2 Å². The normalized spacial score (nSPS) is 13.9. The first-order valence-electron chi connectivity index (χ1n) is 5.09. The highest BCUT2D eigenvalue weighted by atomic mass is 28.4. The van der Waals surface area contributed by atoms with Gasteiger partial charge in [-0.2, -0.15) is 0 Å². The lowest BCUT2D eigenvalue weighted by atomic mass is 11.2. The van der Waals surface area contributed by atoms with Crippen molar-refractivity contribution < 1.29 is 0 Å². The van der Waals surface area contributed by atoms with Crippen molar-refractivity contribution in [3.05, 3.63) is 11.4 Å². The Bertz CT molecular complexity index is 198. The summed E-state index contributed by atoms with van der Waals surface area (Å²) in [6, 6.07) is 0. The fourth-order valence-corrected chi connectivity index (χ4v) is 9.70. The van der Waals surface area contributed by atoms with E-state index in [1.807, 2.05) is 0 Å². The molecule has 0 spiro atoms. The second kappa shape index (κ2) is 4.30. The van der Waals surface area contributed by atoms with E-state index >= 15 is 0 Å². The molecule has 2 nitrogen and oxygen atoms in total. The van der Waals surface area contributed by atoms with Crippen LogP contribution in [0.4, 0.5) is 0 Å². The number of nitrogens with zero attached hydrogens (tertiary/aromatic N) is 2. The van der Waals surface area contributed by atoms with Gasteiger partial charge in [-0.1, -0.05) is 31.0 Å². The van der Waals surface area contributed by atoms with Crippen LogP contribution in [0.3, 0.4) is 0 Å². The fraction of sp³-hybridized carbons (Fsp3) is 0.800. The van der Waals surface area contributed by atoms with Gasteiger partial charge >= 0.3 is 0 Å². The van der Waals surface area contributed by atoms with Gasteiger partial charge in [0.2, 0.25) is 0 Å². The maximum atomic E-state index is 4.38. The minimum atomic E-state index is -1.42. The van der Waals surface area contributed by atoms with Gasteiger partial charge in [-0.15, -0.1) is 6.58 Å². The summed E-state index contributed by atoms with van der Waals surface area (Å²) < 4.78 is 4.77. The van der Waals surface area contributed by atoms with Gasteiger partial charge in [-0.3, -0.25) is 0 Å². The van der Waals surface area contributed by atoms with Crippen LogP contribution in [0.2, 0.25) is 26.2 Å². The first-order chi connectivity index (χ1) is 6.04. The summed E-state index contributed by atoms with van der Waals surface area (Å²) in [5, 5.41) is 0. The van der Waals surface area contributed by atoms with E-state index < -0.39 is 16.5 Å². The van der Waals surface area contributed by atoms with E-state index in [2.05, 4.69) is 70.1 Å². The number of rotatable bonds is 4. The molecule has 0 unspecified atom stereocenters.